The van der Waals surface area contributed by atoms with E-state index >= 15 is 0 Å². The van der Waals surface area contributed by atoms with Crippen LogP contribution in [0.5, 0.6) is 0 Å². The summed E-state index contributed by atoms with van der Waals surface area (Å²) in [7, 11) is 0. The summed E-state index contributed by atoms with van der Waals surface area (Å²) in [6, 6.07) is 9.13. The van der Waals surface area contributed by atoms with Crippen LogP contribution in [0.2, 0.25) is 0 Å². The van der Waals surface area contributed by atoms with E-state index in [4.69, 9.17) is 10.5 Å². The maximum absolute atomic E-state index is 12.1. The van der Waals surface area contributed by atoms with Gasteiger partial charge in [0.15, 0.2) is 18.0 Å². The number of hydrogen-bond acceptors (Lipinski definition) is 5. The van der Waals surface area contributed by atoms with Crippen molar-refractivity contribution in [3.63, 3.8) is 0 Å². The average molecular weight is 279 g/mol. The Balaban J connectivity index is 2.06. The molecule has 0 fully saturated rings. The fraction of sp³-hybridized carbons (Fsp3) is 0.133. The summed E-state index contributed by atoms with van der Waals surface area (Å²) < 4.78 is 0. The molecule has 1 aromatic carbocycles. The SMILES string of the molecule is N#CNC1(NC#N)C=CC(C(=O)Nc2ccccc2)C=C1. The summed E-state index contributed by atoms with van der Waals surface area (Å²) in [5.74, 6) is -0.643. The first-order chi connectivity index (χ1) is 10.2. The molecule has 0 spiro atoms. The van der Waals surface area contributed by atoms with Gasteiger partial charge in [0, 0.05) is 5.69 Å². The molecule has 0 unspecified atom stereocenters. The molecule has 1 aliphatic carbocycles. The van der Waals surface area contributed by atoms with Crippen molar-refractivity contribution in [1.82, 2.24) is 10.6 Å². The van der Waals surface area contributed by atoms with Crippen molar-refractivity contribution in [2.45, 2.75) is 5.66 Å². The normalized spacial score (nSPS) is 15.5. The lowest BCUT2D eigenvalue weighted by Crippen LogP contribution is -2.51. The number of para-hydroxylation sites is 1. The van der Waals surface area contributed by atoms with Gasteiger partial charge in [0.05, 0.1) is 5.92 Å². The third kappa shape index (κ3) is 3.40. The first-order valence-corrected chi connectivity index (χ1v) is 6.26. The molecule has 6 nitrogen and oxygen atoms in total. The molecule has 0 heterocycles. The Labute approximate surface area is 122 Å². The van der Waals surface area contributed by atoms with E-state index in [1.807, 2.05) is 18.2 Å². The number of anilines is 1. The first-order valence-electron chi connectivity index (χ1n) is 6.26. The molecular weight excluding hydrogens is 266 g/mol. The lowest BCUT2D eigenvalue weighted by atomic mass is 9.95. The van der Waals surface area contributed by atoms with Crippen molar-refractivity contribution in [1.29, 1.82) is 10.5 Å². The highest BCUT2D eigenvalue weighted by molar-refractivity contribution is 5.95. The molecule has 1 aromatic rings. The largest absolute Gasteiger partial charge is 0.325 e. The molecule has 3 N–H and O–H groups in total. The average Bonchev–Trinajstić information content (AvgIpc) is 2.49. The maximum Gasteiger partial charge on any atom is 0.235 e. The first kappa shape index (κ1) is 14.2. The molecule has 0 saturated heterocycles. The van der Waals surface area contributed by atoms with Crippen LogP contribution in [-0.4, -0.2) is 11.6 Å². The Kier molecular flexibility index (Phi) is 4.23. The van der Waals surface area contributed by atoms with Gasteiger partial charge in [-0.2, -0.15) is 10.5 Å². The number of amides is 1. The van der Waals surface area contributed by atoms with E-state index in [0.29, 0.717) is 5.69 Å². The van der Waals surface area contributed by atoms with Crippen LogP contribution < -0.4 is 16.0 Å². The van der Waals surface area contributed by atoms with Crippen molar-refractivity contribution in [2.75, 3.05) is 5.32 Å². The highest BCUT2D eigenvalue weighted by Crippen LogP contribution is 2.18. The van der Waals surface area contributed by atoms with Gasteiger partial charge in [0.2, 0.25) is 5.91 Å². The summed E-state index contributed by atoms with van der Waals surface area (Å²) >= 11 is 0. The van der Waals surface area contributed by atoms with Gasteiger partial charge in [-0.1, -0.05) is 30.4 Å². The van der Waals surface area contributed by atoms with Crippen LogP contribution in [0.25, 0.3) is 0 Å². The number of nitrogens with zero attached hydrogens (tertiary/aromatic N) is 2. The molecule has 0 radical (unpaired) electrons. The molecule has 0 bridgehead atoms. The second kappa shape index (κ2) is 6.27. The number of carbonyl (C=O) groups is 1. The summed E-state index contributed by atoms with van der Waals surface area (Å²) in [4.78, 5) is 12.1. The Morgan fingerprint density at radius 2 is 1.62 bits per heavy atom. The molecule has 0 saturated carbocycles. The van der Waals surface area contributed by atoms with Gasteiger partial charge in [-0.05, 0) is 24.3 Å². The zero-order valence-electron chi connectivity index (χ0n) is 11.1. The van der Waals surface area contributed by atoms with E-state index in [2.05, 4.69) is 16.0 Å². The Morgan fingerprint density at radius 3 is 2.14 bits per heavy atom. The van der Waals surface area contributed by atoms with Gasteiger partial charge in [-0.25, -0.2) is 0 Å². The second-order valence-electron chi connectivity index (χ2n) is 4.44. The predicted octanol–water partition coefficient (Wildman–Crippen LogP) is 1.20. The molecule has 21 heavy (non-hydrogen) atoms. The quantitative estimate of drug-likeness (QED) is 0.333. The minimum atomic E-state index is -1.06. The second-order valence-corrected chi connectivity index (χ2v) is 4.44. The topological polar surface area (TPSA) is 101 Å². The number of rotatable bonds is 4. The Morgan fingerprint density at radius 1 is 1.05 bits per heavy atom. The number of hydrogen-bond donors (Lipinski definition) is 3. The summed E-state index contributed by atoms with van der Waals surface area (Å²) in [5.41, 5.74) is -0.348. The monoisotopic (exact) mass is 279 g/mol. The molecule has 1 aliphatic rings. The van der Waals surface area contributed by atoms with Crippen LogP contribution in [0.4, 0.5) is 5.69 Å². The molecule has 104 valence electrons. The molecule has 0 atom stereocenters. The standard InChI is InChI=1S/C15H13N5O/c16-10-18-15(19-11-17)8-6-12(7-9-15)14(21)20-13-4-2-1-3-5-13/h1-9,12,18-19H,(H,20,21). The van der Waals surface area contributed by atoms with E-state index in [-0.39, 0.29) is 5.91 Å². The van der Waals surface area contributed by atoms with E-state index in [1.165, 1.54) is 0 Å². The van der Waals surface area contributed by atoms with Crippen LogP contribution in [0, 0.1) is 28.8 Å². The fourth-order valence-electron chi connectivity index (χ4n) is 1.94. The molecular formula is C15H13N5O. The lowest BCUT2D eigenvalue weighted by Gasteiger charge is -2.27. The van der Waals surface area contributed by atoms with Gasteiger partial charge in [0.25, 0.3) is 0 Å². The summed E-state index contributed by atoms with van der Waals surface area (Å²) in [6.45, 7) is 0. The molecule has 1 amide bonds. The smallest absolute Gasteiger partial charge is 0.235 e. The highest BCUT2D eigenvalue weighted by Gasteiger charge is 2.28. The zero-order chi connectivity index (χ0) is 15.1. The van der Waals surface area contributed by atoms with Gasteiger partial charge in [0.1, 0.15) is 0 Å². The third-order valence-corrected chi connectivity index (χ3v) is 3.00. The lowest BCUT2D eigenvalue weighted by molar-refractivity contribution is -0.117. The van der Waals surface area contributed by atoms with Crippen molar-refractivity contribution in [3.05, 3.63) is 54.6 Å². The highest BCUT2D eigenvalue weighted by atomic mass is 16.1. The molecule has 2 rings (SSSR count). The number of nitrogens with one attached hydrogen (secondary N) is 3. The van der Waals surface area contributed by atoms with Gasteiger partial charge in [-0.3, -0.25) is 15.4 Å². The Hall–Kier alpha value is -3.25. The third-order valence-electron chi connectivity index (χ3n) is 3.00. The minimum absolute atomic E-state index is 0.184. The maximum atomic E-state index is 12.1. The van der Waals surface area contributed by atoms with E-state index < -0.39 is 11.6 Å². The van der Waals surface area contributed by atoms with Crippen molar-refractivity contribution < 1.29 is 4.79 Å². The van der Waals surface area contributed by atoms with Crippen LogP contribution in [-0.2, 0) is 4.79 Å². The molecule has 0 aliphatic heterocycles. The van der Waals surface area contributed by atoms with Crippen LogP contribution in [0.15, 0.2) is 54.6 Å². The van der Waals surface area contributed by atoms with Crippen molar-refractivity contribution in [3.8, 4) is 12.4 Å². The van der Waals surface area contributed by atoms with Crippen molar-refractivity contribution in [2.24, 2.45) is 5.92 Å². The summed E-state index contributed by atoms with van der Waals surface area (Å²) in [6.07, 6.45) is 9.98. The zero-order valence-corrected chi connectivity index (χ0v) is 11.1. The number of nitriles is 2. The van der Waals surface area contributed by atoms with Gasteiger partial charge >= 0.3 is 0 Å². The van der Waals surface area contributed by atoms with Crippen LogP contribution in [0.3, 0.4) is 0 Å². The number of benzene rings is 1. The van der Waals surface area contributed by atoms with E-state index in [0.717, 1.165) is 0 Å². The van der Waals surface area contributed by atoms with Gasteiger partial charge in [-0.15, -0.1) is 0 Å². The molecule has 0 aromatic heterocycles. The fourth-order valence-corrected chi connectivity index (χ4v) is 1.94. The predicted molar refractivity (Wildman–Crippen MR) is 77.1 cm³/mol. The summed E-state index contributed by atoms with van der Waals surface area (Å²) in [5, 5.41) is 25.2. The Bertz CT molecular complexity index is 619. The minimum Gasteiger partial charge on any atom is -0.325 e. The van der Waals surface area contributed by atoms with Crippen molar-refractivity contribution >= 4 is 11.6 Å². The van der Waals surface area contributed by atoms with E-state index in [1.54, 1.807) is 48.8 Å². The van der Waals surface area contributed by atoms with Crippen LogP contribution in [0.1, 0.15) is 0 Å². The van der Waals surface area contributed by atoms with E-state index in [9.17, 15) is 4.79 Å². The number of carbonyl (C=O) groups excluding carboxylic acids is 1. The van der Waals surface area contributed by atoms with Gasteiger partial charge < -0.3 is 5.32 Å². The van der Waals surface area contributed by atoms with Crippen LogP contribution >= 0.6 is 0 Å². The molecule has 6 heteroatoms.